The summed E-state index contributed by atoms with van der Waals surface area (Å²) in [4.78, 5) is 0. The van der Waals surface area contributed by atoms with Crippen LogP contribution in [0.4, 0.5) is 0 Å². The Hall–Kier alpha value is -1.60. The standard InChI is InChI=1S/C16H18O.C2H6/c1-12-6-4-8-14(10-12)16(3,17)15-9-5-7-13(2)11-15;1-2/h4-11,17H,1-3H3;1-2H3. The molecule has 0 unspecified atom stereocenters. The molecule has 0 saturated heterocycles. The lowest BCUT2D eigenvalue weighted by molar-refractivity contribution is 0.102. The molecule has 0 amide bonds. The van der Waals surface area contributed by atoms with Crippen LogP contribution in [0.25, 0.3) is 0 Å². The number of aryl methyl sites for hydroxylation is 2. The van der Waals surface area contributed by atoms with Crippen LogP contribution in [0.2, 0.25) is 0 Å². The van der Waals surface area contributed by atoms with Crippen LogP contribution in [0.15, 0.2) is 48.5 Å². The van der Waals surface area contributed by atoms with Gasteiger partial charge in [-0.3, -0.25) is 0 Å². The zero-order valence-corrected chi connectivity index (χ0v) is 12.6. The number of rotatable bonds is 2. The molecule has 1 nitrogen and oxygen atoms in total. The first-order valence-corrected chi connectivity index (χ1v) is 6.87. The topological polar surface area (TPSA) is 20.2 Å². The fourth-order valence-corrected chi connectivity index (χ4v) is 2.06. The Kier molecular flexibility index (Phi) is 5.31. The first-order valence-electron chi connectivity index (χ1n) is 6.87. The Morgan fingerprint density at radius 2 is 1.16 bits per heavy atom. The molecule has 2 aromatic carbocycles. The summed E-state index contributed by atoms with van der Waals surface area (Å²) in [5, 5.41) is 10.7. The molecule has 0 aliphatic carbocycles. The van der Waals surface area contributed by atoms with Crippen molar-refractivity contribution in [1.29, 1.82) is 0 Å². The number of benzene rings is 2. The number of aliphatic hydroxyl groups is 1. The van der Waals surface area contributed by atoms with Gasteiger partial charge in [0, 0.05) is 0 Å². The molecule has 2 aromatic rings. The Bertz CT molecular complexity index is 479. The molecule has 102 valence electrons. The maximum Gasteiger partial charge on any atom is 0.112 e. The highest BCUT2D eigenvalue weighted by molar-refractivity contribution is 5.38. The van der Waals surface area contributed by atoms with Gasteiger partial charge in [-0.2, -0.15) is 0 Å². The van der Waals surface area contributed by atoms with Gasteiger partial charge in [0.2, 0.25) is 0 Å². The van der Waals surface area contributed by atoms with E-state index in [1.807, 2.05) is 83.1 Å². The fraction of sp³-hybridized carbons (Fsp3) is 0.333. The normalized spacial score (nSPS) is 10.6. The van der Waals surface area contributed by atoms with Crippen molar-refractivity contribution in [2.24, 2.45) is 0 Å². The second-order valence-electron chi connectivity index (χ2n) is 4.81. The second-order valence-corrected chi connectivity index (χ2v) is 4.81. The van der Waals surface area contributed by atoms with Crippen molar-refractivity contribution in [3.8, 4) is 0 Å². The summed E-state index contributed by atoms with van der Waals surface area (Å²) >= 11 is 0. The molecule has 0 atom stereocenters. The van der Waals surface area contributed by atoms with Gasteiger partial charge in [0.1, 0.15) is 5.60 Å². The highest BCUT2D eigenvalue weighted by Gasteiger charge is 2.25. The molecule has 0 aromatic heterocycles. The van der Waals surface area contributed by atoms with Crippen LogP contribution in [-0.4, -0.2) is 5.11 Å². The number of hydrogen-bond acceptors (Lipinski definition) is 1. The van der Waals surface area contributed by atoms with E-state index in [1.165, 1.54) is 0 Å². The highest BCUT2D eigenvalue weighted by Crippen LogP contribution is 2.29. The van der Waals surface area contributed by atoms with Crippen molar-refractivity contribution in [2.75, 3.05) is 0 Å². The highest BCUT2D eigenvalue weighted by atomic mass is 16.3. The maximum absolute atomic E-state index is 10.7. The molecular formula is C18H24O. The van der Waals surface area contributed by atoms with Crippen molar-refractivity contribution in [3.05, 3.63) is 70.8 Å². The van der Waals surface area contributed by atoms with E-state index in [0.717, 1.165) is 22.3 Å². The van der Waals surface area contributed by atoms with E-state index in [4.69, 9.17) is 0 Å². The zero-order chi connectivity index (χ0) is 14.5. The summed E-state index contributed by atoms with van der Waals surface area (Å²) in [6, 6.07) is 16.0. The van der Waals surface area contributed by atoms with E-state index in [2.05, 4.69) is 0 Å². The summed E-state index contributed by atoms with van der Waals surface area (Å²) in [6.45, 7) is 9.92. The average Bonchev–Trinajstić information content (AvgIpc) is 2.41. The monoisotopic (exact) mass is 256 g/mol. The molecule has 0 aliphatic heterocycles. The summed E-state index contributed by atoms with van der Waals surface area (Å²) in [7, 11) is 0. The number of hydrogen-bond donors (Lipinski definition) is 1. The van der Waals surface area contributed by atoms with Gasteiger partial charge in [-0.15, -0.1) is 0 Å². The lowest BCUT2D eigenvalue weighted by atomic mass is 9.87. The molecule has 0 bridgehead atoms. The van der Waals surface area contributed by atoms with Gasteiger partial charge in [0.15, 0.2) is 0 Å². The quantitative estimate of drug-likeness (QED) is 0.833. The van der Waals surface area contributed by atoms with Crippen molar-refractivity contribution in [1.82, 2.24) is 0 Å². The molecule has 0 aliphatic rings. The van der Waals surface area contributed by atoms with E-state index in [1.54, 1.807) is 0 Å². The lowest BCUT2D eigenvalue weighted by Gasteiger charge is -2.25. The van der Waals surface area contributed by atoms with Gasteiger partial charge in [0.25, 0.3) is 0 Å². The van der Waals surface area contributed by atoms with Crippen molar-refractivity contribution < 1.29 is 5.11 Å². The van der Waals surface area contributed by atoms with Crippen molar-refractivity contribution in [3.63, 3.8) is 0 Å². The molecule has 2 rings (SSSR count). The third kappa shape index (κ3) is 3.68. The Balaban J connectivity index is 0.000000861. The lowest BCUT2D eigenvalue weighted by Crippen LogP contribution is -2.22. The van der Waals surface area contributed by atoms with Crippen LogP contribution in [-0.2, 0) is 5.60 Å². The van der Waals surface area contributed by atoms with Gasteiger partial charge >= 0.3 is 0 Å². The average molecular weight is 256 g/mol. The predicted molar refractivity (Wildman–Crippen MR) is 82.4 cm³/mol. The van der Waals surface area contributed by atoms with E-state index in [-0.39, 0.29) is 0 Å². The molecule has 1 N–H and O–H groups in total. The minimum atomic E-state index is -0.933. The van der Waals surface area contributed by atoms with Gasteiger partial charge < -0.3 is 5.11 Å². The summed E-state index contributed by atoms with van der Waals surface area (Å²) < 4.78 is 0. The minimum Gasteiger partial charge on any atom is -0.381 e. The van der Waals surface area contributed by atoms with E-state index in [9.17, 15) is 5.11 Å². The van der Waals surface area contributed by atoms with Crippen LogP contribution in [0.3, 0.4) is 0 Å². The van der Waals surface area contributed by atoms with E-state index in [0.29, 0.717) is 0 Å². The maximum atomic E-state index is 10.7. The molecule has 19 heavy (non-hydrogen) atoms. The Labute approximate surface area is 116 Å². The SMILES string of the molecule is CC.Cc1cccc(C(C)(O)c2cccc(C)c2)c1. The molecule has 0 radical (unpaired) electrons. The predicted octanol–water partition coefficient (Wildman–Crippen LogP) is 4.59. The van der Waals surface area contributed by atoms with Gasteiger partial charge in [0.05, 0.1) is 0 Å². The minimum absolute atomic E-state index is 0.933. The van der Waals surface area contributed by atoms with Crippen LogP contribution in [0.5, 0.6) is 0 Å². The smallest absolute Gasteiger partial charge is 0.112 e. The fourth-order valence-electron chi connectivity index (χ4n) is 2.06. The van der Waals surface area contributed by atoms with E-state index < -0.39 is 5.60 Å². The second kappa shape index (κ2) is 6.53. The van der Waals surface area contributed by atoms with Gasteiger partial charge in [-0.1, -0.05) is 73.5 Å². The van der Waals surface area contributed by atoms with Crippen LogP contribution in [0.1, 0.15) is 43.0 Å². The zero-order valence-electron chi connectivity index (χ0n) is 12.6. The van der Waals surface area contributed by atoms with Crippen molar-refractivity contribution in [2.45, 2.75) is 40.2 Å². The van der Waals surface area contributed by atoms with Crippen LogP contribution < -0.4 is 0 Å². The Morgan fingerprint density at radius 3 is 1.47 bits per heavy atom. The van der Waals surface area contributed by atoms with Crippen LogP contribution >= 0.6 is 0 Å². The molecule has 0 fully saturated rings. The summed E-state index contributed by atoms with van der Waals surface area (Å²) in [5.74, 6) is 0. The third-order valence-electron chi connectivity index (χ3n) is 3.16. The largest absolute Gasteiger partial charge is 0.381 e. The first kappa shape index (κ1) is 15.5. The molecule has 0 saturated carbocycles. The van der Waals surface area contributed by atoms with Crippen LogP contribution in [0, 0.1) is 13.8 Å². The Morgan fingerprint density at radius 1 is 0.789 bits per heavy atom. The van der Waals surface area contributed by atoms with E-state index >= 15 is 0 Å². The first-order chi connectivity index (χ1) is 9.00. The van der Waals surface area contributed by atoms with Gasteiger partial charge in [-0.05, 0) is 31.9 Å². The van der Waals surface area contributed by atoms with Crippen molar-refractivity contribution >= 4 is 0 Å². The van der Waals surface area contributed by atoms with Gasteiger partial charge in [-0.25, -0.2) is 0 Å². The summed E-state index contributed by atoms with van der Waals surface area (Å²) in [5.41, 5.74) is 3.26. The summed E-state index contributed by atoms with van der Waals surface area (Å²) in [6.07, 6.45) is 0. The molecular weight excluding hydrogens is 232 g/mol. The third-order valence-corrected chi connectivity index (χ3v) is 3.16. The molecule has 0 heterocycles. The molecule has 0 spiro atoms. The molecule has 1 heteroatoms.